The molecule has 0 amide bonds. The van der Waals surface area contributed by atoms with Crippen molar-refractivity contribution in [2.24, 2.45) is 0 Å². The number of nitrogens with one attached hydrogen (secondary N) is 2. The Hall–Kier alpha value is -1.90. The standard InChI is InChI=1S/C12H9BrF4N4/c1-18-11-19-5-7(13)10(21-11)20-9-4-6(12(15,16)17)2-3-8(9)14/h2-5H,1H3,(H2,18,19,20,21). The minimum atomic E-state index is -4.55. The number of halogens is 5. The van der Waals surface area contributed by atoms with Gasteiger partial charge in [-0.2, -0.15) is 18.2 Å². The lowest BCUT2D eigenvalue weighted by Crippen LogP contribution is -2.07. The number of benzene rings is 1. The Morgan fingerprint density at radius 2 is 1.95 bits per heavy atom. The second-order valence-corrected chi connectivity index (χ2v) is 4.81. The highest BCUT2D eigenvalue weighted by Gasteiger charge is 2.31. The van der Waals surface area contributed by atoms with Crippen LogP contribution in [0, 0.1) is 5.82 Å². The van der Waals surface area contributed by atoms with Gasteiger partial charge >= 0.3 is 6.18 Å². The fourth-order valence-corrected chi connectivity index (χ4v) is 1.79. The first kappa shape index (κ1) is 15.5. The Morgan fingerprint density at radius 3 is 2.57 bits per heavy atom. The Bertz CT molecular complexity index is 660. The molecule has 2 aromatic rings. The molecule has 0 atom stereocenters. The fraction of sp³-hybridized carbons (Fsp3) is 0.167. The van der Waals surface area contributed by atoms with Crippen molar-refractivity contribution in [3.63, 3.8) is 0 Å². The molecule has 2 rings (SSSR count). The third-order valence-corrected chi connectivity index (χ3v) is 3.09. The number of hydrogen-bond donors (Lipinski definition) is 2. The van der Waals surface area contributed by atoms with Gasteiger partial charge in [0.15, 0.2) is 0 Å². The molecule has 0 saturated heterocycles. The highest BCUT2D eigenvalue weighted by atomic mass is 79.9. The van der Waals surface area contributed by atoms with Gasteiger partial charge in [-0.3, -0.25) is 0 Å². The fourth-order valence-electron chi connectivity index (χ4n) is 1.50. The van der Waals surface area contributed by atoms with Crippen LogP contribution in [0.3, 0.4) is 0 Å². The third kappa shape index (κ3) is 3.60. The van der Waals surface area contributed by atoms with Crippen molar-refractivity contribution in [1.82, 2.24) is 9.97 Å². The zero-order valence-corrected chi connectivity index (χ0v) is 12.2. The Balaban J connectivity index is 2.39. The van der Waals surface area contributed by atoms with Crippen molar-refractivity contribution in [3.05, 3.63) is 40.2 Å². The summed E-state index contributed by atoms with van der Waals surface area (Å²) in [6.45, 7) is 0. The lowest BCUT2D eigenvalue weighted by atomic mass is 10.2. The second-order valence-electron chi connectivity index (χ2n) is 3.96. The molecule has 2 N–H and O–H groups in total. The van der Waals surface area contributed by atoms with Crippen LogP contribution >= 0.6 is 15.9 Å². The van der Waals surface area contributed by atoms with E-state index in [0.717, 1.165) is 6.07 Å². The lowest BCUT2D eigenvalue weighted by Gasteiger charge is -2.12. The van der Waals surface area contributed by atoms with Gasteiger partial charge in [-0.15, -0.1) is 0 Å². The minimum Gasteiger partial charge on any atom is -0.357 e. The number of hydrogen-bond acceptors (Lipinski definition) is 4. The van der Waals surface area contributed by atoms with Gasteiger partial charge in [-0.25, -0.2) is 9.37 Å². The normalized spacial score (nSPS) is 11.3. The predicted octanol–water partition coefficient (Wildman–Crippen LogP) is 4.18. The summed E-state index contributed by atoms with van der Waals surface area (Å²) >= 11 is 3.14. The second kappa shape index (κ2) is 5.84. The first-order valence-electron chi connectivity index (χ1n) is 5.65. The van der Waals surface area contributed by atoms with Gasteiger partial charge in [0.2, 0.25) is 5.95 Å². The highest BCUT2D eigenvalue weighted by molar-refractivity contribution is 9.10. The van der Waals surface area contributed by atoms with Gasteiger partial charge < -0.3 is 10.6 Å². The first-order chi connectivity index (χ1) is 9.81. The van der Waals surface area contributed by atoms with E-state index in [4.69, 9.17) is 0 Å². The van der Waals surface area contributed by atoms with Crippen LogP contribution in [0.2, 0.25) is 0 Å². The smallest absolute Gasteiger partial charge is 0.357 e. The van der Waals surface area contributed by atoms with E-state index in [0.29, 0.717) is 16.6 Å². The molecule has 1 aromatic carbocycles. The maximum Gasteiger partial charge on any atom is 0.416 e. The monoisotopic (exact) mass is 364 g/mol. The van der Waals surface area contributed by atoms with E-state index >= 15 is 0 Å². The zero-order chi connectivity index (χ0) is 15.6. The largest absolute Gasteiger partial charge is 0.416 e. The zero-order valence-electron chi connectivity index (χ0n) is 10.6. The average Bonchev–Trinajstić information content (AvgIpc) is 2.42. The van der Waals surface area contributed by atoms with Gasteiger partial charge in [0.05, 0.1) is 15.7 Å². The summed E-state index contributed by atoms with van der Waals surface area (Å²) in [6, 6.07) is 2.11. The topological polar surface area (TPSA) is 49.8 Å². The van der Waals surface area contributed by atoms with Crippen molar-refractivity contribution in [2.45, 2.75) is 6.18 Å². The van der Waals surface area contributed by atoms with E-state index in [-0.39, 0.29) is 17.5 Å². The van der Waals surface area contributed by atoms with Gasteiger partial charge in [-0.05, 0) is 34.1 Å². The van der Waals surface area contributed by atoms with Crippen molar-refractivity contribution in [2.75, 3.05) is 17.7 Å². The molecule has 4 nitrogen and oxygen atoms in total. The third-order valence-electron chi connectivity index (χ3n) is 2.51. The SMILES string of the molecule is CNc1ncc(Br)c(Nc2cc(C(F)(F)F)ccc2F)n1. The maximum atomic E-state index is 13.7. The van der Waals surface area contributed by atoms with E-state index in [1.807, 2.05) is 0 Å². The van der Waals surface area contributed by atoms with E-state index in [2.05, 4.69) is 36.5 Å². The summed E-state index contributed by atoms with van der Waals surface area (Å²) in [5.41, 5.74) is -1.28. The van der Waals surface area contributed by atoms with E-state index < -0.39 is 17.6 Å². The summed E-state index contributed by atoms with van der Waals surface area (Å²) in [5.74, 6) is -0.430. The number of anilines is 3. The Morgan fingerprint density at radius 1 is 1.24 bits per heavy atom. The number of rotatable bonds is 3. The molecule has 0 aliphatic carbocycles. The molecule has 0 fully saturated rings. The molecule has 0 spiro atoms. The van der Waals surface area contributed by atoms with E-state index in [1.165, 1.54) is 6.20 Å². The number of nitrogens with zero attached hydrogens (tertiary/aromatic N) is 2. The van der Waals surface area contributed by atoms with Gasteiger partial charge in [0.1, 0.15) is 11.6 Å². The van der Waals surface area contributed by atoms with Crippen LogP contribution in [0.5, 0.6) is 0 Å². The van der Waals surface area contributed by atoms with E-state index in [9.17, 15) is 17.6 Å². The van der Waals surface area contributed by atoms with Crippen LogP contribution in [0.1, 0.15) is 5.56 Å². The molecule has 0 bridgehead atoms. The molecule has 9 heteroatoms. The average molecular weight is 365 g/mol. The summed E-state index contributed by atoms with van der Waals surface area (Å²) in [7, 11) is 1.58. The molecule has 112 valence electrons. The Labute approximate surface area is 125 Å². The van der Waals surface area contributed by atoms with Crippen LogP contribution in [0.25, 0.3) is 0 Å². The Kier molecular flexibility index (Phi) is 4.31. The highest BCUT2D eigenvalue weighted by Crippen LogP contribution is 2.33. The van der Waals surface area contributed by atoms with Crippen LogP contribution in [0.4, 0.5) is 35.0 Å². The van der Waals surface area contributed by atoms with Crippen LogP contribution in [-0.2, 0) is 6.18 Å². The number of alkyl halides is 3. The summed E-state index contributed by atoms with van der Waals surface area (Å²) in [6.07, 6.45) is -3.16. The van der Waals surface area contributed by atoms with Crippen molar-refractivity contribution in [3.8, 4) is 0 Å². The predicted molar refractivity (Wildman–Crippen MR) is 74.0 cm³/mol. The molecule has 0 aliphatic rings. The van der Waals surface area contributed by atoms with Crippen molar-refractivity contribution < 1.29 is 17.6 Å². The van der Waals surface area contributed by atoms with Crippen molar-refractivity contribution >= 4 is 33.4 Å². The molecule has 21 heavy (non-hydrogen) atoms. The van der Waals surface area contributed by atoms with Gasteiger partial charge in [0.25, 0.3) is 0 Å². The molecule has 0 aliphatic heterocycles. The van der Waals surface area contributed by atoms with E-state index in [1.54, 1.807) is 7.05 Å². The van der Waals surface area contributed by atoms with Crippen LogP contribution < -0.4 is 10.6 Å². The molecule has 1 aromatic heterocycles. The van der Waals surface area contributed by atoms with Gasteiger partial charge in [0, 0.05) is 13.2 Å². The minimum absolute atomic E-state index is 0.146. The molecule has 0 unspecified atom stereocenters. The maximum absolute atomic E-state index is 13.7. The molecule has 0 radical (unpaired) electrons. The summed E-state index contributed by atoms with van der Waals surface area (Å²) in [5, 5.41) is 5.19. The first-order valence-corrected chi connectivity index (χ1v) is 6.44. The lowest BCUT2D eigenvalue weighted by molar-refractivity contribution is -0.137. The van der Waals surface area contributed by atoms with Crippen molar-refractivity contribution in [1.29, 1.82) is 0 Å². The van der Waals surface area contributed by atoms with Crippen LogP contribution in [0.15, 0.2) is 28.9 Å². The summed E-state index contributed by atoms with van der Waals surface area (Å²) in [4.78, 5) is 7.89. The quantitative estimate of drug-likeness (QED) is 0.802. The van der Waals surface area contributed by atoms with Crippen LogP contribution in [-0.4, -0.2) is 17.0 Å². The van der Waals surface area contributed by atoms with Gasteiger partial charge in [-0.1, -0.05) is 0 Å². The summed E-state index contributed by atoms with van der Waals surface area (Å²) < 4.78 is 52.0. The molecular weight excluding hydrogens is 356 g/mol. The molecular formula is C12H9BrF4N4. The molecule has 1 heterocycles. The molecule has 0 saturated carbocycles. The number of aromatic nitrogens is 2.